The van der Waals surface area contributed by atoms with E-state index in [-0.39, 0.29) is 11.9 Å². The number of halogens is 1. The van der Waals surface area contributed by atoms with Crippen LogP contribution in [-0.2, 0) is 9.53 Å². The van der Waals surface area contributed by atoms with Crippen molar-refractivity contribution in [3.05, 3.63) is 0 Å². The Kier molecular flexibility index (Phi) is 7.81. The Morgan fingerprint density at radius 2 is 2.12 bits per heavy atom. The maximum atomic E-state index is 11.6. The first-order valence-electron chi connectivity index (χ1n) is 6.38. The first-order chi connectivity index (χ1) is 8.22. The molecular formula is C12H23BrN2O2. The SMILES string of the molecule is CC(CN1CCOCC1)NC(=O)CCCCBr. The molecule has 1 rings (SSSR count). The third-order valence-corrected chi connectivity index (χ3v) is 3.39. The summed E-state index contributed by atoms with van der Waals surface area (Å²) in [6.07, 6.45) is 2.66. The average molecular weight is 307 g/mol. The second kappa shape index (κ2) is 8.89. The number of rotatable bonds is 7. The van der Waals surface area contributed by atoms with Crippen LogP contribution in [0.25, 0.3) is 0 Å². The number of alkyl halides is 1. The fourth-order valence-corrected chi connectivity index (χ4v) is 2.34. The summed E-state index contributed by atoms with van der Waals surface area (Å²) in [7, 11) is 0. The van der Waals surface area contributed by atoms with Gasteiger partial charge >= 0.3 is 0 Å². The van der Waals surface area contributed by atoms with Crippen molar-refractivity contribution in [1.29, 1.82) is 0 Å². The predicted molar refractivity (Wildman–Crippen MR) is 72.5 cm³/mol. The lowest BCUT2D eigenvalue weighted by Gasteiger charge is -2.29. The van der Waals surface area contributed by atoms with Crippen LogP contribution in [0, 0.1) is 0 Å². The minimum Gasteiger partial charge on any atom is -0.379 e. The van der Waals surface area contributed by atoms with Gasteiger partial charge < -0.3 is 10.1 Å². The minimum absolute atomic E-state index is 0.173. The molecule has 17 heavy (non-hydrogen) atoms. The summed E-state index contributed by atoms with van der Waals surface area (Å²) in [6, 6.07) is 0.226. The molecule has 0 aromatic carbocycles. The predicted octanol–water partition coefficient (Wildman–Crippen LogP) is 1.39. The zero-order valence-corrected chi connectivity index (χ0v) is 12.2. The van der Waals surface area contributed by atoms with Crippen molar-refractivity contribution in [2.45, 2.75) is 32.2 Å². The molecule has 0 saturated carbocycles. The van der Waals surface area contributed by atoms with Crippen molar-refractivity contribution in [3.63, 3.8) is 0 Å². The van der Waals surface area contributed by atoms with Crippen molar-refractivity contribution in [2.24, 2.45) is 0 Å². The van der Waals surface area contributed by atoms with Crippen molar-refractivity contribution >= 4 is 21.8 Å². The summed E-state index contributed by atoms with van der Waals surface area (Å²) in [6.45, 7) is 6.57. The zero-order chi connectivity index (χ0) is 12.5. The smallest absolute Gasteiger partial charge is 0.220 e. The number of unbranched alkanes of at least 4 members (excludes halogenated alkanes) is 1. The summed E-state index contributed by atoms with van der Waals surface area (Å²) in [4.78, 5) is 13.9. The van der Waals surface area contributed by atoms with Gasteiger partial charge in [0.1, 0.15) is 0 Å². The molecule has 0 spiro atoms. The van der Waals surface area contributed by atoms with Gasteiger partial charge in [0.25, 0.3) is 0 Å². The van der Waals surface area contributed by atoms with Gasteiger partial charge in [0, 0.05) is 37.4 Å². The van der Waals surface area contributed by atoms with Gasteiger partial charge in [-0.2, -0.15) is 0 Å². The third kappa shape index (κ3) is 7.01. The molecule has 1 aliphatic heterocycles. The molecule has 0 aliphatic carbocycles. The molecule has 1 atom stereocenters. The van der Waals surface area contributed by atoms with E-state index in [1.165, 1.54) is 0 Å². The highest BCUT2D eigenvalue weighted by Gasteiger charge is 2.14. The van der Waals surface area contributed by atoms with Crippen LogP contribution in [0.5, 0.6) is 0 Å². The van der Waals surface area contributed by atoms with Crippen LogP contribution < -0.4 is 5.32 Å². The summed E-state index contributed by atoms with van der Waals surface area (Å²) in [5.41, 5.74) is 0. The lowest BCUT2D eigenvalue weighted by Crippen LogP contribution is -2.45. The van der Waals surface area contributed by atoms with E-state index in [1.54, 1.807) is 0 Å². The average Bonchev–Trinajstić information content (AvgIpc) is 2.30. The normalized spacial score (nSPS) is 18.9. The number of carbonyl (C=O) groups excluding carboxylic acids is 1. The Labute approximate surface area is 112 Å². The Morgan fingerprint density at radius 3 is 2.76 bits per heavy atom. The number of amides is 1. The molecule has 1 heterocycles. The van der Waals surface area contributed by atoms with Crippen LogP contribution in [0.3, 0.4) is 0 Å². The number of nitrogens with zero attached hydrogens (tertiary/aromatic N) is 1. The fraction of sp³-hybridized carbons (Fsp3) is 0.917. The van der Waals surface area contributed by atoms with Crippen LogP contribution >= 0.6 is 15.9 Å². The van der Waals surface area contributed by atoms with Crippen LogP contribution in [-0.4, -0.2) is 55.0 Å². The van der Waals surface area contributed by atoms with Crippen LogP contribution in [0.1, 0.15) is 26.2 Å². The highest BCUT2D eigenvalue weighted by molar-refractivity contribution is 9.09. The van der Waals surface area contributed by atoms with E-state index in [0.29, 0.717) is 6.42 Å². The lowest BCUT2D eigenvalue weighted by molar-refractivity contribution is -0.122. The lowest BCUT2D eigenvalue weighted by atomic mass is 10.2. The second-order valence-corrected chi connectivity index (χ2v) is 5.32. The van der Waals surface area contributed by atoms with Crippen LogP contribution in [0.15, 0.2) is 0 Å². The Morgan fingerprint density at radius 1 is 1.41 bits per heavy atom. The van der Waals surface area contributed by atoms with E-state index in [1.807, 2.05) is 0 Å². The highest BCUT2D eigenvalue weighted by Crippen LogP contribution is 2.01. The van der Waals surface area contributed by atoms with Gasteiger partial charge in [-0.05, 0) is 19.8 Å². The topological polar surface area (TPSA) is 41.6 Å². The number of hydrogen-bond donors (Lipinski definition) is 1. The van der Waals surface area contributed by atoms with Gasteiger partial charge in [-0.1, -0.05) is 15.9 Å². The first-order valence-corrected chi connectivity index (χ1v) is 7.50. The Hall–Kier alpha value is -0.130. The standard InChI is InChI=1S/C12H23BrN2O2/c1-11(10-15-6-8-17-9-7-15)14-12(16)4-2-3-5-13/h11H,2-10H2,1H3,(H,14,16). The molecule has 100 valence electrons. The van der Waals surface area contributed by atoms with Gasteiger partial charge in [-0.3, -0.25) is 9.69 Å². The number of hydrogen-bond acceptors (Lipinski definition) is 3. The second-order valence-electron chi connectivity index (χ2n) is 4.53. The Bertz CT molecular complexity index is 221. The van der Waals surface area contributed by atoms with E-state index in [9.17, 15) is 4.79 Å². The van der Waals surface area contributed by atoms with Crippen molar-refractivity contribution in [3.8, 4) is 0 Å². The van der Waals surface area contributed by atoms with Crippen molar-refractivity contribution in [1.82, 2.24) is 10.2 Å². The van der Waals surface area contributed by atoms with E-state index >= 15 is 0 Å². The van der Waals surface area contributed by atoms with Crippen LogP contribution in [0.4, 0.5) is 0 Å². The molecule has 4 nitrogen and oxygen atoms in total. The van der Waals surface area contributed by atoms with E-state index < -0.39 is 0 Å². The molecule has 0 aromatic heterocycles. The summed E-state index contributed by atoms with van der Waals surface area (Å²) < 4.78 is 5.29. The van der Waals surface area contributed by atoms with E-state index in [0.717, 1.165) is 51.0 Å². The van der Waals surface area contributed by atoms with Crippen molar-refractivity contribution < 1.29 is 9.53 Å². The molecular weight excluding hydrogens is 284 g/mol. The number of carbonyl (C=O) groups is 1. The van der Waals surface area contributed by atoms with Gasteiger partial charge in [0.05, 0.1) is 13.2 Å². The zero-order valence-electron chi connectivity index (χ0n) is 10.6. The highest BCUT2D eigenvalue weighted by atomic mass is 79.9. The number of morpholine rings is 1. The van der Waals surface area contributed by atoms with Gasteiger partial charge in [0.15, 0.2) is 0 Å². The molecule has 5 heteroatoms. The molecule has 0 radical (unpaired) electrons. The number of ether oxygens (including phenoxy) is 1. The maximum Gasteiger partial charge on any atom is 0.220 e. The molecule has 0 aromatic rings. The summed E-state index contributed by atoms with van der Waals surface area (Å²) in [5, 5.41) is 4.03. The third-order valence-electron chi connectivity index (χ3n) is 2.83. The fourth-order valence-electron chi connectivity index (χ4n) is 1.94. The quantitative estimate of drug-likeness (QED) is 0.571. The van der Waals surface area contributed by atoms with Gasteiger partial charge in [0.2, 0.25) is 5.91 Å². The molecule has 1 aliphatic rings. The summed E-state index contributed by atoms with van der Waals surface area (Å²) >= 11 is 3.37. The molecule has 1 N–H and O–H groups in total. The molecule has 1 amide bonds. The Balaban J connectivity index is 2.10. The van der Waals surface area contributed by atoms with E-state index in [4.69, 9.17) is 4.74 Å². The molecule has 1 unspecified atom stereocenters. The monoisotopic (exact) mass is 306 g/mol. The molecule has 1 fully saturated rings. The minimum atomic E-state index is 0.173. The first kappa shape index (κ1) is 14.9. The van der Waals surface area contributed by atoms with Crippen molar-refractivity contribution in [2.75, 3.05) is 38.2 Å². The molecule has 1 saturated heterocycles. The van der Waals surface area contributed by atoms with Gasteiger partial charge in [-0.15, -0.1) is 0 Å². The van der Waals surface area contributed by atoms with Crippen LogP contribution in [0.2, 0.25) is 0 Å². The number of nitrogens with one attached hydrogen (secondary N) is 1. The summed E-state index contributed by atoms with van der Waals surface area (Å²) in [5.74, 6) is 0.173. The molecule has 0 bridgehead atoms. The van der Waals surface area contributed by atoms with Gasteiger partial charge in [-0.25, -0.2) is 0 Å². The van der Waals surface area contributed by atoms with E-state index in [2.05, 4.69) is 33.1 Å². The maximum absolute atomic E-state index is 11.6. The largest absolute Gasteiger partial charge is 0.379 e.